The number of nitro groups is 1. The fourth-order valence-electron chi connectivity index (χ4n) is 2.04. The Morgan fingerprint density at radius 2 is 1.83 bits per heavy atom. The molecule has 0 aliphatic rings. The first kappa shape index (κ1) is 14.9. The summed E-state index contributed by atoms with van der Waals surface area (Å²) in [5.74, 6) is -0.0106. The van der Waals surface area contributed by atoms with Crippen molar-refractivity contribution in [2.75, 3.05) is 4.72 Å². The lowest BCUT2D eigenvalue weighted by Gasteiger charge is -2.09. The van der Waals surface area contributed by atoms with Gasteiger partial charge >= 0.3 is 0 Å². The molecule has 0 aliphatic carbocycles. The highest BCUT2D eigenvalue weighted by atomic mass is 32.2. The first-order valence-electron chi connectivity index (χ1n) is 6.44. The van der Waals surface area contributed by atoms with Gasteiger partial charge < -0.3 is 0 Å². The highest BCUT2D eigenvalue weighted by Gasteiger charge is 2.19. The summed E-state index contributed by atoms with van der Waals surface area (Å²) in [6.45, 7) is 0. The number of nitrogens with one attached hydrogen (secondary N) is 1. The van der Waals surface area contributed by atoms with Gasteiger partial charge in [-0.1, -0.05) is 18.2 Å². The average molecular weight is 330 g/mol. The van der Waals surface area contributed by atoms with Gasteiger partial charge in [0.2, 0.25) is 0 Å². The molecule has 2 aromatic heterocycles. The summed E-state index contributed by atoms with van der Waals surface area (Å²) < 4.78 is 27.3. The highest BCUT2D eigenvalue weighted by Crippen LogP contribution is 2.23. The van der Waals surface area contributed by atoms with Gasteiger partial charge in [0.15, 0.2) is 0 Å². The van der Waals surface area contributed by atoms with Crippen LogP contribution in [-0.2, 0) is 10.0 Å². The monoisotopic (exact) mass is 330 g/mol. The van der Waals surface area contributed by atoms with Gasteiger partial charge in [-0.2, -0.15) is 0 Å². The molecule has 3 rings (SSSR count). The summed E-state index contributed by atoms with van der Waals surface area (Å²) in [6, 6.07) is 10.7. The minimum absolute atomic E-state index is 0.00996. The van der Waals surface area contributed by atoms with Gasteiger partial charge in [-0.3, -0.25) is 19.8 Å². The molecule has 1 aromatic carbocycles. The Morgan fingerprint density at radius 1 is 1.04 bits per heavy atom. The maximum atomic E-state index is 12.5. The van der Waals surface area contributed by atoms with E-state index in [1.807, 2.05) is 0 Å². The summed E-state index contributed by atoms with van der Waals surface area (Å²) in [4.78, 5) is 17.8. The third-order valence-corrected chi connectivity index (χ3v) is 4.47. The van der Waals surface area contributed by atoms with Gasteiger partial charge in [0.05, 0.1) is 10.4 Å². The molecular weight excluding hydrogens is 320 g/mol. The Balaban J connectivity index is 1.99. The average Bonchev–Trinajstić information content (AvgIpc) is 2.54. The molecule has 0 fully saturated rings. The molecule has 0 amide bonds. The van der Waals surface area contributed by atoms with Crippen molar-refractivity contribution in [3.8, 4) is 0 Å². The maximum absolute atomic E-state index is 12.5. The summed E-state index contributed by atoms with van der Waals surface area (Å²) in [6.07, 6.45) is 2.49. The zero-order chi connectivity index (χ0) is 16.4. The Morgan fingerprint density at radius 3 is 2.52 bits per heavy atom. The van der Waals surface area contributed by atoms with E-state index in [0.29, 0.717) is 10.9 Å². The van der Waals surface area contributed by atoms with Crippen LogP contribution in [0.3, 0.4) is 0 Å². The number of sulfonamides is 1. The minimum Gasteiger partial charge on any atom is -0.263 e. The molecule has 0 unspecified atom stereocenters. The van der Waals surface area contributed by atoms with Crippen LogP contribution in [0.2, 0.25) is 0 Å². The Bertz CT molecular complexity index is 982. The van der Waals surface area contributed by atoms with Crippen LogP contribution in [-0.4, -0.2) is 23.3 Å². The smallest absolute Gasteiger partial charge is 0.263 e. The molecule has 0 spiro atoms. The molecule has 0 saturated carbocycles. The number of para-hydroxylation sites is 1. The van der Waals surface area contributed by atoms with Crippen molar-refractivity contribution in [2.24, 2.45) is 0 Å². The van der Waals surface area contributed by atoms with Gasteiger partial charge in [-0.05, 0) is 18.2 Å². The van der Waals surface area contributed by atoms with Crippen molar-refractivity contribution in [2.45, 2.75) is 4.90 Å². The number of anilines is 1. The van der Waals surface area contributed by atoms with Crippen LogP contribution in [0.5, 0.6) is 0 Å². The maximum Gasteiger partial charge on any atom is 0.287 e. The SMILES string of the molecule is O=[N+]([O-])c1ccc(NS(=O)(=O)c2cccc3cccnc23)nc1. The number of benzene rings is 1. The highest BCUT2D eigenvalue weighted by molar-refractivity contribution is 7.93. The first-order valence-corrected chi connectivity index (χ1v) is 7.93. The summed E-state index contributed by atoms with van der Waals surface area (Å²) in [7, 11) is -3.92. The molecule has 8 nitrogen and oxygen atoms in total. The Labute approximate surface area is 131 Å². The molecule has 116 valence electrons. The predicted octanol–water partition coefficient (Wildman–Crippen LogP) is 2.34. The van der Waals surface area contributed by atoms with Crippen LogP contribution in [0.15, 0.2) is 59.8 Å². The van der Waals surface area contributed by atoms with Crippen LogP contribution >= 0.6 is 0 Å². The lowest BCUT2D eigenvalue weighted by molar-refractivity contribution is -0.385. The third-order valence-electron chi connectivity index (χ3n) is 3.08. The molecule has 1 N–H and O–H groups in total. The Hall–Kier alpha value is -3.07. The fraction of sp³-hybridized carbons (Fsp3) is 0. The van der Waals surface area contributed by atoms with Crippen molar-refractivity contribution < 1.29 is 13.3 Å². The molecular formula is C14H10N4O4S. The number of hydrogen-bond donors (Lipinski definition) is 1. The van der Waals surface area contributed by atoms with Crippen LogP contribution < -0.4 is 4.72 Å². The van der Waals surface area contributed by atoms with E-state index >= 15 is 0 Å². The number of hydrogen-bond acceptors (Lipinski definition) is 6. The van der Waals surface area contributed by atoms with Crippen LogP contribution in [0.4, 0.5) is 11.5 Å². The zero-order valence-corrected chi connectivity index (χ0v) is 12.4. The van der Waals surface area contributed by atoms with Crippen molar-refractivity contribution in [3.05, 3.63) is 65.0 Å². The Kier molecular flexibility index (Phi) is 3.62. The standard InChI is InChI=1S/C14H10N4O4S/c19-18(20)11-6-7-13(16-9-11)17-23(21,22)12-5-1-3-10-4-2-8-15-14(10)12/h1-9H,(H,16,17). The molecule has 0 saturated heterocycles. The zero-order valence-electron chi connectivity index (χ0n) is 11.6. The molecule has 3 aromatic rings. The second-order valence-electron chi connectivity index (χ2n) is 4.60. The van der Waals surface area contributed by atoms with E-state index in [4.69, 9.17) is 0 Å². The third kappa shape index (κ3) is 2.94. The predicted molar refractivity (Wildman–Crippen MR) is 83.4 cm³/mol. The quantitative estimate of drug-likeness (QED) is 0.580. The van der Waals surface area contributed by atoms with Crippen molar-refractivity contribution in [1.82, 2.24) is 9.97 Å². The number of pyridine rings is 2. The van der Waals surface area contributed by atoms with Gasteiger partial charge in [0, 0.05) is 17.6 Å². The summed E-state index contributed by atoms with van der Waals surface area (Å²) in [5, 5.41) is 11.3. The summed E-state index contributed by atoms with van der Waals surface area (Å²) in [5.41, 5.74) is 0.115. The van der Waals surface area contributed by atoms with Gasteiger partial charge in [0.1, 0.15) is 16.9 Å². The largest absolute Gasteiger partial charge is 0.287 e. The number of fused-ring (bicyclic) bond motifs is 1. The van der Waals surface area contributed by atoms with Crippen LogP contribution in [0.1, 0.15) is 0 Å². The second kappa shape index (κ2) is 5.61. The second-order valence-corrected chi connectivity index (χ2v) is 6.25. The minimum atomic E-state index is -3.92. The molecule has 23 heavy (non-hydrogen) atoms. The fourth-order valence-corrected chi connectivity index (χ4v) is 3.23. The number of nitrogens with zero attached hydrogens (tertiary/aromatic N) is 3. The van der Waals surface area contributed by atoms with Crippen molar-refractivity contribution in [3.63, 3.8) is 0 Å². The number of aromatic nitrogens is 2. The van der Waals surface area contributed by atoms with E-state index < -0.39 is 14.9 Å². The van der Waals surface area contributed by atoms with Gasteiger partial charge in [-0.15, -0.1) is 0 Å². The van der Waals surface area contributed by atoms with E-state index in [1.165, 1.54) is 24.4 Å². The van der Waals surface area contributed by atoms with Crippen molar-refractivity contribution >= 4 is 32.4 Å². The lowest BCUT2D eigenvalue weighted by Crippen LogP contribution is -2.14. The van der Waals surface area contributed by atoms with E-state index in [2.05, 4.69) is 14.7 Å². The normalized spacial score (nSPS) is 11.3. The topological polar surface area (TPSA) is 115 Å². The number of rotatable bonds is 4. The van der Waals surface area contributed by atoms with Gasteiger partial charge in [0.25, 0.3) is 15.7 Å². The molecule has 0 bridgehead atoms. The molecule has 2 heterocycles. The lowest BCUT2D eigenvalue weighted by atomic mass is 10.2. The van der Waals surface area contributed by atoms with E-state index in [0.717, 1.165) is 6.20 Å². The van der Waals surface area contributed by atoms with E-state index in [1.54, 1.807) is 24.3 Å². The van der Waals surface area contributed by atoms with E-state index in [-0.39, 0.29) is 16.4 Å². The van der Waals surface area contributed by atoms with Crippen LogP contribution in [0.25, 0.3) is 10.9 Å². The van der Waals surface area contributed by atoms with Crippen LogP contribution in [0, 0.1) is 10.1 Å². The molecule has 0 radical (unpaired) electrons. The molecule has 0 aliphatic heterocycles. The molecule has 9 heteroatoms. The van der Waals surface area contributed by atoms with E-state index in [9.17, 15) is 18.5 Å². The first-order chi connectivity index (χ1) is 11.0. The molecule has 0 atom stereocenters. The summed E-state index contributed by atoms with van der Waals surface area (Å²) >= 11 is 0. The van der Waals surface area contributed by atoms with Gasteiger partial charge in [-0.25, -0.2) is 13.4 Å². The van der Waals surface area contributed by atoms with Crippen molar-refractivity contribution in [1.29, 1.82) is 0 Å².